The number of rotatable bonds is 4. The zero-order valence-corrected chi connectivity index (χ0v) is 12.6. The van der Waals surface area contributed by atoms with Crippen LogP contribution in [0.1, 0.15) is 37.0 Å². The quantitative estimate of drug-likeness (QED) is 0.919. The van der Waals surface area contributed by atoms with Gasteiger partial charge in [0.1, 0.15) is 0 Å². The van der Waals surface area contributed by atoms with Crippen LogP contribution in [0, 0.1) is 0 Å². The Morgan fingerprint density at radius 3 is 2.90 bits per heavy atom. The third-order valence-electron chi connectivity index (χ3n) is 3.96. The Kier molecular flexibility index (Phi) is 4.65. The van der Waals surface area contributed by atoms with Crippen LogP contribution in [0.3, 0.4) is 0 Å². The van der Waals surface area contributed by atoms with E-state index in [-0.39, 0.29) is 11.5 Å². The molecule has 1 saturated heterocycles. The summed E-state index contributed by atoms with van der Waals surface area (Å²) in [5, 5.41) is 3.25. The maximum atomic E-state index is 12.7. The van der Waals surface area contributed by atoms with Crippen LogP contribution in [0.4, 0.5) is 5.69 Å². The van der Waals surface area contributed by atoms with Gasteiger partial charge in [-0.25, -0.2) is 0 Å². The number of nitrogens with one attached hydrogen (secondary N) is 1. The maximum Gasteiger partial charge on any atom is 0.256 e. The van der Waals surface area contributed by atoms with E-state index in [4.69, 9.17) is 4.74 Å². The number of para-hydroxylation sites is 1. The average molecular weight is 276 g/mol. The SMILES string of the molecule is CCNc1ccccc1C(=O)N1CCCC(C)(OC)C1. The summed E-state index contributed by atoms with van der Waals surface area (Å²) in [6, 6.07) is 7.70. The van der Waals surface area contributed by atoms with Gasteiger partial charge in [0.05, 0.1) is 11.2 Å². The molecule has 1 atom stereocenters. The van der Waals surface area contributed by atoms with Gasteiger partial charge in [0, 0.05) is 32.4 Å². The van der Waals surface area contributed by atoms with Gasteiger partial charge in [0.25, 0.3) is 5.91 Å². The van der Waals surface area contributed by atoms with Crippen LogP contribution in [0.5, 0.6) is 0 Å². The summed E-state index contributed by atoms with van der Waals surface area (Å²) >= 11 is 0. The van der Waals surface area contributed by atoms with Crippen molar-refractivity contribution < 1.29 is 9.53 Å². The molecule has 110 valence electrons. The molecule has 1 fully saturated rings. The van der Waals surface area contributed by atoms with Crippen molar-refractivity contribution in [3.63, 3.8) is 0 Å². The highest BCUT2D eigenvalue weighted by Gasteiger charge is 2.33. The number of ether oxygens (including phenoxy) is 1. The molecule has 1 aromatic carbocycles. The van der Waals surface area contributed by atoms with Gasteiger partial charge in [-0.15, -0.1) is 0 Å². The minimum absolute atomic E-state index is 0.0875. The molecule has 0 spiro atoms. The molecule has 20 heavy (non-hydrogen) atoms. The number of benzene rings is 1. The molecule has 0 bridgehead atoms. The Hall–Kier alpha value is -1.55. The molecule has 0 radical (unpaired) electrons. The number of nitrogens with zero attached hydrogens (tertiary/aromatic N) is 1. The molecule has 4 heteroatoms. The Morgan fingerprint density at radius 1 is 1.45 bits per heavy atom. The topological polar surface area (TPSA) is 41.6 Å². The van der Waals surface area contributed by atoms with Crippen molar-refractivity contribution in [3.8, 4) is 0 Å². The number of carbonyl (C=O) groups excluding carboxylic acids is 1. The van der Waals surface area contributed by atoms with E-state index in [1.54, 1.807) is 7.11 Å². The lowest BCUT2D eigenvalue weighted by atomic mass is 9.94. The lowest BCUT2D eigenvalue weighted by Crippen LogP contribution is -2.49. The smallest absolute Gasteiger partial charge is 0.256 e. The van der Waals surface area contributed by atoms with Crippen LogP contribution in [-0.2, 0) is 4.74 Å². The van der Waals surface area contributed by atoms with E-state index in [1.165, 1.54) is 0 Å². The summed E-state index contributed by atoms with van der Waals surface area (Å²) in [6.07, 6.45) is 1.99. The molecule has 1 amide bonds. The normalized spacial score (nSPS) is 22.6. The van der Waals surface area contributed by atoms with Crippen LogP contribution in [-0.4, -0.2) is 43.2 Å². The maximum absolute atomic E-state index is 12.7. The number of piperidine rings is 1. The minimum Gasteiger partial charge on any atom is -0.385 e. The second-order valence-electron chi connectivity index (χ2n) is 5.56. The second-order valence-corrected chi connectivity index (χ2v) is 5.56. The number of hydrogen-bond donors (Lipinski definition) is 1. The van der Waals surface area contributed by atoms with E-state index in [0.717, 1.165) is 37.2 Å². The molecule has 1 heterocycles. The summed E-state index contributed by atoms with van der Waals surface area (Å²) in [5.41, 5.74) is 1.43. The van der Waals surface area contributed by atoms with Crippen molar-refractivity contribution in [2.75, 3.05) is 32.1 Å². The van der Waals surface area contributed by atoms with Gasteiger partial charge in [-0.05, 0) is 38.8 Å². The minimum atomic E-state index is -0.221. The molecule has 1 N–H and O–H groups in total. The van der Waals surface area contributed by atoms with Gasteiger partial charge in [-0.3, -0.25) is 4.79 Å². The molecular weight excluding hydrogens is 252 g/mol. The lowest BCUT2D eigenvalue weighted by Gasteiger charge is -2.39. The zero-order valence-electron chi connectivity index (χ0n) is 12.6. The number of carbonyl (C=O) groups is 1. The van der Waals surface area contributed by atoms with E-state index in [0.29, 0.717) is 6.54 Å². The van der Waals surface area contributed by atoms with Gasteiger partial charge >= 0.3 is 0 Å². The van der Waals surface area contributed by atoms with E-state index >= 15 is 0 Å². The molecule has 1 unspecified atom stereocenters. The molecule has 0 saturated carbocycles. The molecule has 1 aliphatic heterocycles. The molecule has 4 nitrogen and oxygen atoms in total. The number of methoxy groups -OCH3 is 1. The van der Waals surface area contributed by atoms with Crippen LogP contribution < -0.4 is 5.32 Å². The number of likely N-dealkylation sites (tertiary alicyclic amines) is 1. The standard InChI is InChI=1S/C16H24N2O2/c1-4-17-14-9-6-5-8-13(14)15(19)18-11-7-10-16(2,12-18)20-3/h5-6,8-9,17H,4,7,10-12H2,1-3H3. The van der Waals surface area contributed by atoms with Crippen molar-refractivity contribution >= 4 is 11.6 Å². The zero-order chi connectivity index (χ0) is 14.6. The number of anilines is 1. The Labute approximate surface area is 121 Å². The molecule has 0 aliphatic carbocycles. The van der Waals surface area contributed by atoms with Crippen LogP contribution in [0.2, 0.25) is 0 Å². The summed E-state index contributed by atoms with van der Waals surface area (Å²) in [4.78, 5) is 14.6. The van der Waals surface area contributed by atoms with Gasteiger partial charge in [-0.1, -0.05) is 12.1 Å². The van der Waals surface area contributed by atoms with E-state index in [1.807, 2.05) is 36.1 Å². The van der Waals surface area contributed by atoms with Crippen molar-refractivity contribution in [3.05, 3.63) is 29.8 Å². The highest BCUT2D eigenvalue weighted by molar-refractivity contribution is 5.99. The number of hydrogen-bond acceptors (Lipinski definition) is 3. The fourth-order valence-electron chi connectivity index (χ4n) is 2.73. The average Bonchev–Trinajstić information content (AvgIpc) is 2.47. The predicted molar refractivity (Wildman–Crippen MR) is 81.2 cm³/mol. The van der Waals surface area contributed by atoms with Gasteiger partial charge in [-0.2, -0.15) is 0 Å². The third-order valence-corrected chi connectivity index (χ3v) is 3.96. The first-order valence-corrected chi connectivity index (χ1v) is 7.27. The lowest BCUT2D eigenvalue weighted by molar-refractivity contribution is -0.0439. The summed E-state index contributed by atoms with van der Waals surface area (Å²) in [6.45, 7) is 6.37. The van der Waals surface area contributed by atoms with Crippen molar-refractivity contribution in [1.82, 2.24) is 4.90 Å². The van der Waals surface area contributed by atoms with Crippen LogP contribution in [0.25, 0.3) is 0 Å². The highest BCUT2D eigenvalue weighted by atomic mass is 16.5. The molecule has 1 aliphatic rings. The molecule has 1 aromatic rings. The van der Waals surface area contributed by atoms with Crippen LogP contribution in [0.15, 0.2) is 24.3 Å². The van der Waals surface area contributed by atoms with E-state index in [2.05, 4.69) is 12.2 Å². The molecular formula is C16H24N2O2. The third kappa shape index (κ3) is 3.12. The largest absolute Gasteiger partial charge is 0.385 e. The second kappa shape index (κ2) is 6.27. The first-order chi connectivity index (χ1) is 9.59. The summed E-state index contributed by atoms with van der Waals surface area (Å²) < 4.78 is 5.56. The van der Waals surface area contributed by atoms with Gasteiger partial charge < -0.3 is 15.0 Å². The van der Waals surface area contributed by atoms with Gasteiger partial charge in [0.2, 0.25) is 0 Å². The number of amides is 1. The predicted octanol–water partition coefficient (Wildman–Crippen LogP) is 2.76. The summed E-state index contributed by atoms with van der Waals surface area (Å²) in [7, 11) is 1.72. The van der Waals surface area contributed by atoms with Crippen molar-refractivity contribution in [2.45, 2.75) is 32.3 Å². The fraction of sp³-hybridized carbons (Fsp3) is 0.562. The van der Waals surface area contributed by atoms with E-state index < -0.39 is 0 Å². The van der Waals surface area contributed by atoms with Gasteiger partial charge in [0.15, 0.2) is 0 Å². The van der Waals surface area contributed by atoms with Crippen LogP contribution >= 0.6 is 0 Å². The fourth-order valence-corrected chi connectivity index (χ4v) is 2.73. The van der Waals surface area contributed by atoms with E-state index in [9.17, 15) is 4.79 Å². The molecule has 0 aromatic heterocycles. The van der Waals surface area contributed by atoms with Crippen molar-refractivity contribution in [2.24, 2.45) is 0 Å². The monoisotopic (exact) mass is 276 g/mol. The summed E-state index contributed by atoms with van der Waals surface area (Å²) in [5.74, 6) is 0.0875. The van der Waals surface area contributed by atoms with Crippen molar-refractivity contribution in [1.29, 1.82) is 0 Å². The highest BCUT2D eigenvalue weighted by Crippen LogP contribution is 2.26. The Bertz CT molecular complexity index is 475. The molecule has 2 rings (SSSR count). The Balaban J connectivity index is 2.19. The first-order valence-electron chi connectivity index (χ1n) is 7.27. The Morgan fingerprint density at radius 2 is 2.20 bits per heavy atom. The first kappa shape index (κ1) is 14.9.